The molecule has 1 aromatic heterocycles. The van der Waals surface area contributed by atoms with Crippen molar-refractivity contribution in [3.63, 3.8) is 0 Å². The molecule has 0 aliphatic heterocycles. The second kappa shape index (κ2) is 4.66. The summed E-state index contributed by atoms with van der Waals surface area (Å²) in [7, 11) is 0. The molecular formula is C13H16FNO. The molecule has 0 unspecified atom stereocenters. The lowest BCUT2D eigenvalue weighted by Gasteiger charge is -2.06. The SMILES string of the molecule is CC(C)NCCc1coc2c(F)cccc12. The van der Waals surface area contributed by atoms with Crippen LogP contribution >= 0.6 is 0 Å². The largest absolute Gasteiger partial charge is 0.461 e. The number of halogens is 1. The third kappa shape index (κ3) is 2.25. The molecule has 16 heavy (non-hydrogen) atoms. The highest BCUT2D eigenvalue weighted by atomic mass is 19.1. The molecule has 0 saturated carbocycles. The summed E-state index contributed by atoms with van der Waals surface area (Å²) < 4.78 is 18.6. The number of nitrogens with one attached hydrogen (secondary N) is 1. The fourth-order valence-electron chi connectivity index (χ4n) is 1.76. The van der Waals surface area contributed by atoms with Gasteiger partial charge in [-0.25, -0.2) is 4.39 Å². The molecule has 2 aromatic rings. The van der Waals surface area contributed by atoms with Crippen LogP contribution in [0.15, 0.2) is 28.9 Å². The summed E-state index contributed by atoms with van der Waals surface area (Å²) in [6.07, 6.45) is 2.50. The number of benzene rings is 1. The van der Waals surface area contributed by atoms with Gasteiger partial charge in [0.25, 0.3) is 0 Å². The molecule has 0 atom stereocenters. The molecule has 3 heteroatoms. The molecule has 2 rings (SSSR count). The minimum atomic E-state index is -0.291. The van der Waals surface area contributed by atoms with Crippen LogP contribution in [0.5, 0.6) is 0 Å². The highest BCUT2D eigenvalue weighted by molar-refractivity contribution is 5.81. The predicted octanol–water partition coefficient (Wildman–Crippen LogP) is 3.11. The van der Waals surface area contributed by atoms with Crippen LogP contribution in [0.3, 0.4) is 0 Å². The van der Waals surface area contributed by atoms with Crippen LogP contribution in [-0.4, -0.2) is 12.6 Å². The summed E-state index contributed by atoms with van der Waals surface area (Å²) in [6.45, 7) is 5.09. The monoisotopic (exact) mass is 221 g/mol. The fourth-order valence-corrected chi connectivity index (χ4v) is 1.76. The van der Waals surface area contributed by atoms with Crippen LogP contribution < -0.4 is 5.32 Å². The maximum atomic E-state index is 13.3. The smallest absolute Gasteiger partial charge is 0.169 e. The van der Waals surface area contributed by atoms with E-state index in [-0.39, 0.29) is 5.82 Å². The molecule has 0 amide bonds. The maximum Gasteiger partial charge on any atom is 0.169 e. The van der Waals surface area contributed by atoms with Crippen molar-refractivity contribution < 1.29 is 8.81 Å². The molecule has 0 aliphatic carbocycles. The Morgan fingerprint density at radius 2 is 2.19 bits per heavy atom. The molecule has 1 aromatic carbocycles. The van der Waals surface area contributed by atoms with E-state index < -0.39 is 0 Å². The summed E-state index contributed by atoms with van der Waals surface area (Å²) in [5, 5.41) is 4.21. The Bertz CT molecular complexity index is 476. The first-order chi connectivity index (χ1) is 7.68. The standard InChI is InChI=1S/C13H16FNO/c1-9(2)15-7-6-10-8-16-13-11(10)4-3-5-12(13)14/h3-5,8-9,15H,6-7H2,1-2H3. The number of furan rings is 1. The third-order valence-electron chi connectivity index (χ3n) is 2.58. The predicted molar refractivity (Wildman–Crippen MR) is 63.0 cm³/mol. The van der Waals surface area contributed by atoms with Crippen molar-refractivity contribution in [3.8, 4) is 0 Å². The lowest BCUT2D eigenvalue weighted by molar-refractivity contribution is 0.554. The second-order valence-corrected chi connectivity index (χ2v) is 4.24. The normalized spacial score (nSPS) is 11.5. The summed E-state index contributed by atoms with van der Waals surface area (Å²) in [6, 6.07) is 5.50. The van der Waals surface area contributed by atoms with Crippen molar-refractivity contribution in [1.82, 2.24) is 5.32 Å². The van der Waals surface area contributed by atoms with E-state index in [2.05, 4.69) is 19.2 Å². The zero-order valence-corrected chi connectivity index (χ0v) is 9.59. The zero-order chi connectivity index (χ0) is 11.5. The number of rotatable bonds is 4. The Morgan fingerprint density at radius 3 is 2.94 bits per heavy atom. The zero-order valence-electron chi connectivity index (χ0n) is 9.59. The van der Waals surface area contributed by atoms with Gasteiger partial charge in [0.05, 0.1) is 6.26 Å². The van der Waals surface area contributed by atoms with Gasteiger partial charge >= 0.3 is 0 Å². The molecule has 0 spiro atoms. The number of para-hydroxylation sites is 1. The van der Waals surface area contributed by atoms with Crippen LogP contribution in [0.2, 0.25) is 0 Å². The van der Waals surface area contributed by atoms with Crippen LogP contribution in [0.4, 0.5) is 4.39 Å². The summed E-state index contributed by atoms with van der Waals surface area (Å²) in [5.74, 6) is -0.291. The molecule has 1 N–H and O–H groups in total. The molecule has 0 radical (unpaired) electrons. The van der Waals surface area contributed by atoms with Crippen molar-refractivity contribution in [2.24, 2.45) is 0 Å². The van der Waals surface area contributed by atoms with E-state index in [9.17, 15) is 4.39 Å². The first-order valence-corrected chi connectivity index (χ1v) is 5.56. The van der Waals surface area contributed by atoms with E-state index in [0.717, 1.165) is 23.9 Å². The van der Waals surface area contributed by atoms with E-state index >= 15 is 0 Å². The molecule has 2 nitrogen and oxygen atoms in total. The molecule has 0 bridgehead atoms. The highest BCUT2D eigenvalue weighted by Crippen LogP contribution is 2.23. The highest BCUT2D eigenvalue weighted by Gasteiger charge is 2.08. The number of hydrogen-bond acceptors (Lipinski definition) is 2. The quantitative estimate of drug-likeness (QED) is 0.858. The van der Waals surface area contributed by atoms with Gasteiger partial charge in [0.1, 0.15) is 0 Å². The van der Waals surface area contributed by atoms with Crippen molar-refractivity contribution in [1.29, 1.82) is 0 Å². The van der Waals surface area contributed by atoms with E-state index in [1.807, 2.05) is 6.07 Å². The van der Waals surface area contributed by atoms with Crippen LogP contribution in [-0.2, 0) is 6.42 Å². The van der Waals surface area contributed by atoms with Gasteiger partial charge in [0.15, 0.2) is 11.4 Å². The van der Waals surface area contributed by atoms with Gasteiger partial charge in [-0.3, -0.25) is 0 Å². The van der Waals surface area contributed by atoms with Crippen molar-refractivity contribution in [2.45, 2.75) is 26.3 Å². The van der Waals surface area contributed by atoms with Gasteiger partial charge in [-0.15, -0.1) is 0 Å². The minimum absolute atomic E-state index is 0.291. The van der Waals surface area contributed by atoms with Gasteiger partial charge in [-0.1, -0.05) is 26.0 Å². The fraction of sp³-hybridized carbons (Fsp3) is 0.385. The Balaban J connectivity index is 2.16. The van der Waals surface area contributed by atoms with Crippen LogP contribution in [0.25, 0.3) is 11.0 Å². The first kappa shape index (κ1) is 11.1. The number of hydrogen-bond donors (Lipinski definition) is 1. The lowest BCUT2D eigenvalue weighted by Crippen LogP contribution is -2.24. The van der Waals surface area contributed by atoms with E-state index in [1.54, 1.807) is 12.3 Å². The van der Waals surface area contributed by atoms with Crippen LogP contribution in [0, 0.1) is 5.82 Å². The number of fused-ring (bicyclic) bond motifs is 1. The molecule has 0 aliphatic rings. The lowest BCUT2D eigenvalue weighted by atomic mass is 10.1. The Morgan fingerprint density at radius 1 is 1.38 bits per heavy atom. The van der Waals surface area contributed by atoms with E-state index in [4.69, 9.17) is 4.42 Å². The van der Waals surface area contributed by atoms with Gasteiger partial charge in [0, 0.05) is 11.4 Å². The Kier molecular flexibility index (Phi) is 3.25. The average molecular weight is 221 g/mol. The summed E-state index contributed by atoms with van der Waals surface area (Å²) >= 11 is 0. The Labute approximate surface area is 94.4 Å². The van der Waals surface area contributed by atoms with Gasteiger partial charge < -0.3 is 9.73 Å². The van der Waals surface area contributed by atoms with Crippen LogP contribution in [0.1, 0.15) is 19.4 Å². The maximum absolute atomic E-state index is 13.3. The van der Waals surface area contributed by atoms with Gasteiger partial charge in [0.2, 0.25) is 0 Å². The second-order valence-electron chi connectivity index (χ2n) is 4.24. The average Bonchev–Trinajstić information content (AvgIpc) is 2.63. The first-order valence-electron chi connectivity index (χ1n) is 5.56. The minimum Gasteiger partial charge on any atom is -0.461 e. The van der Waals surface area contributed by atoms with Crippen molar-refractivity contribution in [2.75, 3.05) is 6.54 Å². The van der Waals surface area contributed by atoms with Gasteiger partial charge in [-0.05, 0) is 24.6 Å². The molecule has 0 saturated heterocycles. The Hall–Kier alpha value is -1.35. The molecular weight excluding hydrogens is 205 g/mol. The molecule has 1 heterocycles. The summed E-state index contributed by atoms with van der Waals surface area (Å²) in [4.78, 5) is 0. The third-order valence-corrected chi connectivity index (χ3v) is 2.58. The molecule has 0 fully saturated rings. The summed E-state index contributed by atoms with van der Waals surface area (Å²) in [5.41, 5.74) is 1.42. The van der Waals surface area contributed by atoms with Gasteiger partial charge in [-0.2, -0.15) is 0 Å². The topological polar surface area (TPSA) is 25.2 Å². The van der Waals surface area contributed by atoms with E-state index in [1.165, 1.54) is 6.07 Å². The molecule has 86 valence electrons. The van der Waals surface area contributed by atoms with Crippen molar-refractivity contribution in [3.05, 3.63) is 35.8 Å². The van der Waals surface area contributed by atoms with E-state index in [0.29, 0.717) is 11.6 Å². The van der Waals surface area contributed by atoms with Crippen molar-refractivity contribution >= 4 is 11.0 Å².